The first-order valence-electron chi connectivity index (χ1n) is 16.7. The molecular weight excluding hydrogens is 645 g/mol. The van der Waals surface area contributed by atoms with Gasteiger partial charge in [-0.3, -0.25) is 0 Å². The predicted octanol–water partition coefficient (Wildman–Crippen LogP) is 13.5. The van der Waals surface area contributed by atoms with Gasteiger partial charge in [0.05, 0.1) is 15.9 Å². The van der Waals surface area contributed by atoms with E-state index in [4.69, 9.17) is 9.97 Å². The van der Waals surface area contributed by atoms with E-state index in [1.54, 1.807) is 11.3 Å². The average Bonchev–Trinajstić information content (AvgIpc) is 3.77. The number of nitrogens with zero attached hydrogens (tertiary/aromatic N) is 2. The van der Waals surface area contributed by atoms with Crippen LogP contribution in [-0.4, -0.2) is 9.97 Å². The van der Waals surface area contributed by atoms with E-state index in [-0.39, 0.29) is 0 Å². The first-order chi connectivity index (χ1) is 24.8. The van der Waals surface area contributed by atoms with Crippen LogP contribution in [0, 0.1) is 0 Å². The number of fused-ring (bicyclic) bond motifs is 6. The minimum absolute atomic E-state index is 0.738. The standard InChI is InChI=1S/C46H28N2S2/c1-2-11-31(12-3-1)42-45-43(39-18-5-7-22-41(39)50-45)48-46(47-42)35-16-9-15-34(28-35)33-14-8-13-32(27-33)29-23-25-30(26-24-29)36-19-10-20-38-37-17-4-6-21-40(37)49-44(36)38/h1-28H. The van der Waals surface area contributed by atoms with Gasteiger partial charge in [0, 0.05) is 41.4 Å². The van der Waals surface area contributed by atoms with Gasteiger partial charge >= 0.3 is 0 Å². The summed E-state index contributed by atoms with van der Waals surface area (Å²) in [5, 5.41) is 3.83. The van der Waals surface area contributed by atoms with Crippen molar-refractivity contribution in [1.82, 2.24) is 9.97 Å². The van der Waals surface area contributed by atoms with E-state index < -0.39 is 0 Å². The minimum atomic E-state index is 0.738. The molecule has 0 atom stereocenters. The summed E-state index contributed by atoms with van der Waals surface area (Å²) in [6.07, 6.45) is 0. The molecule has 0 radical (unpaired) electrons. The Balaban J connectivity index is 1.02. The van der Waals surface area contributed by atoms with Crippen LogP contribution in [0.3, 0.4) is 0 Å². The highest BCUT2D eigenvalue weighted by atomic mass is 32.1. The smallest absolute Gasteiger partial charge is 0.160 e. The Bertz CT molecular complexity index is 2860. The monoisotopic (exact) mass is 672 g/mol. The van der Waals surface area contributed by atoms with Crippen LogP contribution in [0.5, 0.6) is 0 Å². The molecule has 4 heteroatoms. The molecule has 0 spiro atoms. The van der Waals surface area contributed by atoms with Gasteiger partial charge in [-0.2, -0.15) is 0 Å². The molecule has 10 rings (SSSR count). The number of hydrogen-bond acceptors (Lipinski definition) is 4. The highest BCUT2D eigenvalue weighted by Gasteiger charge is 2.17. The Kier molecular flexibility index (Phi) is 6.90. The molecule has 0 aliphatic heterocycles. The number of hydrogen-bond donors (Lipinski definition) is 0. The summed E-state index contributed by atoms with van der Waals surface area (Å²) in [6, 6.07) is 60.8. The molecule has 10 aromatic rings. The molecule has 0 aliphatic carbocycles. The Morgan fingerprint density at radius 3 is 1.66 bits per heavy atom. The van der Waals surface area contributed by atoms with Crippen LogP contribution in [-0.2, 0) is 0 Å². The van der Waals surface area contributed by atoms with E-state index in [1.807, 2.05) is 17.4 Å². The second kappa shape index (κ2) is 11.9. The summed E-state index contributed by atoms with van der Waals surface area (Å²) >= 11 is 3.64. The fraction of sp³-hybridized carbons (Fsp3) is 0. The zero-order chi connectivity index (χ0) is 33.0. The van der Waals surface area contributed by atoms with Gasteiger partial charge in [0.1, 0.15) is 0 Å². The molecule has 0 bridgehead atoms. The lowest BCUT2D eigenvalue weighted by molar-refractivity contribution is 1.24. The molecule has 234 valence electrons. The molecule has 0 aliphatic rings. The number of thiophene rings is 2. The number of rotatable bonds is 5. The van der Waals surface area contributed by atoms with Gasteiger partial charge in [0.25, 0.3) is 0 Å². The molecule has 7 aromatic carbocycles. The Hall–Kier alpha value is -5.94. The third-order valence-electron chi connectivity index (χ3n) is 9.52. The molecule has 0 saturated heterocycles. The zero-order valence-corrected chi connectivity index (χ0v) is 28.5. The van der Waals surface area contributed by atoms with Gasteiger partial charge in [-0.1, -0.05) is 146 Å². The van der Waals surface area contributed by atoms with E-state index in [0.717, 1.165) is 44.0 Å². The normalized spacial score (nSPS) is 11.6. The Morgan fingerprint density at radius 1 is 0.340 bits per heavy atom. The van der Waals surface area contributed by atoms with E-state index in [0.29, 0.717) is 0 Å². The van der Waals surface area contributed by atoms with Gasteiger partial charge in [-0.25, -0.2) is 9.97 Å². The fourth-order valence-electron chi connectivity index (χ4n) is 7.04. The maximum absolute atomic E-state index is 5.20. The maximum Gasteiger partial charge on any atom is 0.160 e. The summed E-state index contributed by atoms with van der Waals surface area (Å²) in [7, 11) is 0. The Morgan fingerprint density at radius 2 is 0.880 bits per heavy atom. The molecule has 0 fully saturated rings. The van der Waals surface area contributed by atoms with E-state index in [9.17, 15) is 0 Å². The van der Waals surface area contributed by atoms with E-state index in [1.165, 1.54) is 52.5 Å². The van der Waals surface area contributed by atoms with Crippen molar-refractivity contribution in [2.45, 2.75) is 0 Å². The third-order valence-corrected chi connectivity index (χ3v) is 11.9. The van der Waals surface area contributed by atoms with E-state index in [2.05, 4.69) is 164 Å². The van der Waals surface area contributed by atoms with Crippen LogP contribution < -0.4 is 0 Å². The maximum atomic E-state index is 5.20. The van der Waals surface area contributed by atoms with Gasteiger partial charge < -0.3 is 0 Å². The SMILES string of the molecule is c1ccc(-c2nc(-c3cccc(-c4cccc(-c5ccc(-c6cccc7c6sc6ccccc67)cc5)c4)c3)nc3c2sc2ccccc23)cc1. The van der Waals surface area contributed by atoms with Crippen molar-refractivity contribution in [3.63, 3.8) is 0 Å². The van der Waals surface area contributed by atoms with Crippen molar-refractivity contribution in [2.24, 2.45) is 0 Å². The lowest BCUT2D eigenvalue weighted by Crippen LogP contribution is -1.94. The molecule has 0 N–H and O–H groups in total. The van der Waals surface area contributed by atoms with Crippen molar-refractivity contribution in [2.75, 3.05) is 0 Å². The van der Waals surface area contributed by atoms with Crippen LogP contribution in [0.15, 0.2) is 170 Å². The van der Waals surface area contributed by atoms with Crippen LogP contribution in [0.4, 0.5) is 0 Å². The van der Waals surface area contributed by atoms with Crippen molar-refractivity contribution in [3.8, 4) is 56.0 Å². The molecule has 3 aromatic heterocycles. The highest BCUT2D eigenvalue weighted by molar-refractivity contribution is 7.26. The topological polar surface area (TPSA) is 25.8 Å². The summed E-state index contributed by atoms with van der Waals surface area (Å²) in [5.74, 6) is 0.738. The highest BCUT2D eigenvalue weighted by Crippen LogP contribution is 2.41. The fourth-order valence-corrected chi connectivity index (χ4v) is 9.44. The van der Waals surface area contributed by atoms with Gasteiger partial charge in [0.2, 0.25) is 0 Å². The van der Waals surface area contributed by atoms with Crippen molar-refractivity contribution < 1.29 is 0 Å². The van der Waals surface area contributed by atoms with Crippen LogP contribution in [0.1, 0.15) is 0 Å². The first-order valence-corrected chi connectivity index (χ1v) is 18.4. The van der Waals surface area contributed by atoms with Crippen molar-refractivity contribution in [1.29, 1.82) is 0 Å². The van der Waals surface area contributed by atoms with Crippen molar-refractivity contribution in [3.05, 3.63) is 170 Å². The molecule has 3 heterocycles. The summed E-state index contributed by atoms with van der Waals surface area (Å²) in [4.78, 5) is 10.4. The lowest BCUT2D eigenvalue weighted by Gasteiger charge is -2.10. The van der Waals surface area contributed by atoms with Crippen LogP contribution >= 0.6 is 22.7 Å². The van der Waals surface area contributed by atoms with Gasteiger partial charge in [-0.05, 0) is 57.6 Å². The largest absolute Gasteiger partial charge is 0.226 e. The molecule has 50 heavy (non-hydrogen) atoms. The first kappa shape index (κ1) is 29.0. The van der Waals surface area contributed by atoms with E-state index >= 15 is 0 Å². The second-order valence-electron chi connectivity index (χ2n) is 12.6. The lowest BCUT2D eigenvalue weighted by atomic mass is 9.96. The molecule has 2 nitrogen and oxygen atoms in total. The molecule has 0 unspecified atom stereocenters. The second-order valence-corrected chi connectivity index (χ2v) is 14.7. The van der Waals surface area contributed by atoms with Crippen LogP contribution in [0.2, 0.25) is 0 Å². The summed E-state index contributed by atoms with van der Waals surface area (Å²) in [5.41, 5.74) is 11.3. The average molecular weight is 673 g/mol. The number of aromatic nitrogens is 2. The minimum Gasteiger partial charge on any atom is -0.226 e. The molecular formula is C46H28N2S2. The molecule has 0 amide bonds. The quantitative estimate of drug-likeness (QED) is 0.182. The predicted molar refractivity (Wildman–Crippen MR) is 215 cm³/mol. The van der Waals surface area contributed by atoms with Gasteiger partial charge in [-0.15, -0.1) is 22.7 Å². The number of benzene rings is 7. The van der Waals surface area contributed by atoms with Gasteiger partial charge in [0.15, 0.2) is 5.82 Å². The van der Waals surface area contributed by atoms with Crippen LogP contribution in [0.25, 0.3) is 96.5 Å². The summed E-state index contributed by atoms with van der Waals surface area (Å²) in [6.45, 7) is 0. The molecule has 0 saturated carbocycles. The zero-order valence-electron chi connectivity index (χ0n) is 26.9. The van der Waals surface area contributed by atoms with Crippen molar-refractivity contribution >= 4 is 63.1 Å². The summed E-state index contributed by atoms with van der Waals surface area (Å²) < 4.78 is 5.02. The Labute approximate surface area is 297 Å². The third kappa shape index (κ3) is 4.92.